The van der Waals surface area contributed by atoms with E-state index >= 15 is 0 Å². The fourth-order valence-corrected chi connectivity index (χ4v) is 3.01. The van der Waals surface area contributed by atoms with E-state index in [0.29, 0.717) is 18.0 Å². The molecule has 0 spiro atoms. The first-order chi connectivity index (χ1) is 9.93. The molecule has 1 aromatic carbocycles. The summed E-state index contributed by atoms with van der Waals surface area (Å²) in [6, 6.07) is 5.48. The summed E-state index contributed by atoms with van der Waals surface area (Å²) in [7, 11) is 0. The number of rotatable bonds is 4. The zero-order valence-corrected chi connectivity index (χ0v) is 11.9. The molecule has 1 saturated carbocycles. The van der Waals surface area contributed by atoms with Crippen LogP contribution in [0.5, 0.6) is 11.5 Å². The van der Waals surface area contributed by atoms with E-state index < -0.39 is 23.2 Å². The van der Waals surface area contributed by atoms with Crippen LogP contribution in [0.1, 0.15) is 19.4 Å². The van der Waals surface area contributed by atoms with Gasteiger partial charge < -0.3 is 19.9 Å². The Morgan fingerprint density at radius 1 is 1.33 bits per heavy atom. The van der Waals surface area contributed by atoms with Crippen LogP contribution < -0.4 is 14.8 Å². The zero-order chi connectivity index (χ0) is 15.2. The van der Waals surface area contributed by atoms with E-state index in [4.69, 9.17) is 14.6 Å². The van der Waals surface area contributed by atoms with E-state index in [9.17, 15) is 9.59 Å². The highest BCUT2D eigenvalue weighted by atomic mass is 16.7. The Kier molecular flexibility index (Phi) is 3.04. The fourth-order valence-electron chi connectivity index (χ4n) is 3.01. The second-order valence-corrected chi connectivity index (χ2v) is 5.98. The molecule has 0 saturated heterocycles. The number of carboxylic acids is 1. The lowest BCUT2D eigenvalue weighted by atomic mass is 10.1. The molecule has 1 heterocycles. The topological polar surface area (TPSA) is 84.9 Å². The summed E-state index contributed by atoms with van der Waals surface area (Å²) in [4.78, 5) is 23.3. The normalized spacial score (nSPS) is 24.5. The minimum atomic E-state index is -0.919. The monoisotopic (exact) mass is 291 g/mol. The molecule has 1 amide bonds. The number of carbonyl (C=O) groups is 2. The predicted molar refractivity (Wildman–Crippen MR) is 72.8 cm³/mol. The molecule has 21 heavy (non-hydrogen) atoms. The van der Waals surface area contributed by atoms with Crippen LogP contribution in [0.3, 0.4) is 0 Å². The van der Waals surface area contributed by atoms with Crippen molar-refractivity contribution in [2.75, 3.05) is 6.79 Å². The molecule has 0 bridgehead atoms. The lowest BCUT2D eigenvalue weighted by molar-refractivity contribution is -0.140. The van der Waals surface area contributed by atoms with Crippen LogP contribution in [0.25, 0.3) is 0 Å². The third-order valence-corrected chi connectivity index (χ3v) is 4.31. The Morgan fingerprint density at radius 2 is 2.10 bits per heavy atom. The van der Waals surface area contributed by atoms with Crippen molar-refractivity contribution in [1.29, 1.82) is 0 Å². The highest BCUT2D eigenvalue weighted by Crippen LogP contribution is 2.58. The smallest absolute Gasteiger partial charge is 0.307 e. The van der Waals surface area contributed by atoms with E-state index in [1.54, 1.807) is 19.9 Å². The van der Waals surface area contributed by atoms with Gasteiger partial charge in [-0.1, -0.05) is 26.0 Å². The van der Waals surface area contributed by atoms with E-state index in [-0.39, 0.29) is 12.7 Å². The van der Waals surface area contributed by atoms with Gasteiger partial charge in [-0.05, 0) is 11.5 Å². The summed E-state index contributed by atoms with van der Waals surface area (Å²) in [5.74, 6) is -0.941. The lowest BCUT2D eigenvalue weighted by Crippen LogP contribution is -2.26. The molecule has 6 nitrogen and oxygen atoms in total. The maximum atomic E-state index is 12.2. The van der Waals surface area contributed by atoms with E-state index in [1.807, 2.05) is 12.1 Å². The molecule has 1 aliphatic heterocycles. The Balaban J connectivity index is 1.66. The van der Waals surface area contributed by atoms with Gasteiger partial charge in [0, 0.05) is 12.1 Å². The van der Waals surface area contributed by atoms with Gasteiger partial charge in [0.25, 0.3) is 0 Å². The first kappa shape index (κ1) is 13.7. The van der Waals surface area contributed by atoms with Gasteiger partial charge in [-0.2, -0.15) is 0 Å². The molecule has 1 fully saturated rings. The van der Waals surface area contributed by atoms with E-state index in [2.05, 4.69) is 5.32 Å². The average Bonchev–Trinajstić information content (AvgIpc) is 2.81. The molecule has 6 heteroatoms. The Labute approximate surface area is 122 Å². The molecule has 0 radical (unpaired) electrons. The molecule has 2 atom stereocenters. The predicted octanol–water partition coefficient (Wildman–Crippen LogP) is 1.39. The first-order valence-electron chi connectivity index (χ1n) is 6.81. The van der Waals surface area contributed by atoms with Crippen LogP contribution in [0, 0.1) is 17.3 Å². The number of carbonyl (C=O) groups excluding carboxylic acids is 1. The number of amides is 1. The summed E-state index contributed by atoms with van der Waals surface area (Å²) in [5.41, 5.74) is 0.331. The van der Waals surface area contributed by atoms with E-state index in [1.165, 1.54) is 0 Å². The molecule has 1 aliphatic carbocycles. The molecule has 2 N–H and O–H groups in total. The van der Waals surface area contributed by atoms with Crippen molar-refractivity contribution in [2.24, 2.45) is 17.3 Å². The van der Waals surface area contributed by atoms with Gasteiger partial charge in [0.1, 0.15) is 0 Å². The summed E-state index contributed by atoms with van der Waals surface area (Å²) in [5, 5.41) is 11.9. The van der Waals surface area contributed by atoms with Gasteiger partial charge in [0.2, 0.25) is 12.7 Å². The molecule has 2 aliphatic rings. The van der Waals surface area contributed by atoms with Crippen molar-refractivity contribution in [3.63, 3.8) is 0 Å². The molecular weight excluding hydrogens is 274 g/mol. The van der Waals surface area contributed by atoms with Crippen molar-refractivity contribution >= 4 is 11.9 Å². The van der Waals surface area contributed by atoms with Crippen molar-refractivity contribution in [1.82, 2.24) is 5.32 Å². The van der Waals surface area contributed by atoms with Crippen LogP contribution >= 0.6 is 0 Å². The second-order valence-electron chi connectivity index (χ2n) is 5.98. The average molecular weight is 291 g/mol. The molecule has 1 aromatic rings. The SMILES string of the molecule is CC1(C)C(C(=O)O)C1C(=O)NCc1cccc2c1OCO2. The second kappa shape index (κ2) is 4.65. The maximum absolute atomic E-state index is 12.2. The fraction of sp³-hybridized carbons (Fsp3) is 0.467. The Bertz CT molecular complexity index is 610. The molecule has 0 aromatic heterocycles. The Morgan fingerprint density at radius 3 is 2.76 bits per heavy atom. The number of aliphatic carboxylic acids is 1. The lowest BCUT2D eigenvalue weighted by Gasteiger charge is -2.08. The largest absolute Gasteiger partial charge is 0.481 e. The molecule has 2 unspecified atom stereocenters. The maximum Gasteiger partial charge on any atom is 0.307 e. The van der Waals surface area contributed by atoms with E-state index in [0.717, 1.165) is 5.56 Å². The summed E-state index contributed by atoms with van der Waals surface area (Å²) in [6.07, 6.45) is 0. The number of ether oxygens (including phenoxy) is 2. The van der Waals surface area contributed by atoms with Crippen molar-refractivity contribution in [2.45, 2.75) is 20.4 Å². The number of para-hydroxylation sites is 1. The van der Waals surface area contributed by atoms with Crippen LogP contribution in [0.2, 0.25) is 0 Å². The van der Waals surface area contributed by atoms with Crippen molar-refractivity contribution in [3.05, 3.63) is 23.8 Å². The standard InChI is InChI=1S/C15H17NO5/c1-15(2)10(11(15)14(18)19)13(17)16-6-8-4-3-5-9-12(8)21-7-20-9/h3-5,10-11H,6-7H2,1-2H3,(H,16,17)(H,18,19). The first-order valence-corrected chi connectivity index (χ1v) is 6.81. The third kappa shape index (κ3) is 2.20. The summed E-state index contributed by atoms with van der Waals surface area (Å²) >= 11 is 0. The number of nitrogens with one attached hydrogen (secondary N) is 1. The van der Waals surface area contributed by atoms with Crippen LogP contribution in [0.15, 0.2) is 18.2 Å². The minimum absolute atomic E-state index is 0.178. The highest BCUT2D eigenvalue weighted by molar-refractivity contribution is 5.91. The van der Waals surface area contributed by atoms with Crippen LogP contribution in [-0.2, 0) is 16.1 Å². The van der Waals surface area contributed by atoms with Gasteiger partial charge >= 0.3 is 5.97 Å². The summed E-state index contributed by atoms with van der Waals surface area (Å²) in [6.45, 7) is 4.07. The van der Waals surface area contributed by atoms with Gasteiger partial charge in [0.05, 0.1) is 11.8 Å². The summed E-state index contributed by atoms with van der Waals surface area (Å²) < 4.78 is 10.6. The molecule has 3 rings (SSSR count). The number of hydrogen-bond acceptors (Lipinski definition) is 4. The molecule has 112 valence electrons. The van der Waals surface area contributed by atoms with Gasteiger partial charge in [0.15, 0.2) is 11.5 Å². The number of carboxylic acid groups (broad SMARTS) is 1. The van der Waals surface area contributed by atoms with Gasteiger partial charge in [-0.25, -0.2) is 0 Å². The zero-order valence-electron chi connectivity index (χ0n) is 11.9. The Hall–Kier alpha value is -2.24. The van der Waals surface area contributed by atoms with Crippen LogP contribution in [-0.4, -0.2) is 23.8 Å². The quantitative estimate of drug-likeness (QED) is 0.875. The number of benzene rings is 1. The van der Waals surface area contributed by atoms with Crippen LogP contribution in [0.4, 0.5) is 0 Å². The van der Waals surface area contributed by atoms with Crippen molar-refractivity contribution < 1.29 is 24.2 Å². The minimum Gasteiger partial charge on any atom is -0.481 e. The molecular formula is C15H17NO5. The number of fused-ring (bicyclic) bond motifs is 1. The van der Waals surface area contributed by atoms with Gasteiger partial charge in [-0.15, -0.1) is 0 Å². The van der Waals surface area contributed by atoms with Crippen molar-refractivity contribution in [3.8, 4) is 11.5 Å². The third-order valence-electron chi connectivity index (χ3n) is 4.31. The van der Waals surface area contributed by atoms with Gasteiger partial charge in [-0.3, -0.25) is 9.59 Å². The number of hydrogen-bond donors (Lipinski definition) is 2. The highest BCUT2D eigenvalue weighted by Gasteiger charge is 2.65.